The lowest BCUT2D eigenvalue weighted by molar-refractivity contribution is 0.254. The first-order valence-electron chi connectivity index (χ1n) is 6.54. The van der Waals surface area contributed by atoms with Crippen molar-refractivity contribution in [2.45, 2.75) is 50.8 Å². The topological polar surface area (TPSA) is 32.3 Å². The van der Waals surface area contributed by atoms with E-state index in [0.717, 1.165) is 18.4 Å². The molecule has 0 amide bonds. The molecule has 1 rings (SSSR count). The van der Waals surface area contributed by atoms with Crippen molar-refractivity contribution < 1.29 is 5.11 Å². The molecular weight excluding hydrogens is 218 g/mol. The second-order valence-corrected chi connectivity index (χ2v) is 6.36. The molecule has 2 N–H and O–H groups in total. The van der Waals surface area contributed by atoms with Crippen LogP contribution in [0.15, 0.2) is 0 Å². The van der Waals surface area contributed by atoms with Crippen molar-refractivity contribution in [1.29, 1.82) is 0 Å². The summed E-state index contributed by atoms with van der Waals surface area (Å²) in [6, 6.07) is 0.416. The van der Waals surface area contributed by atoms with E-state index >= 15 is 0 Å². The van der Waals surface area contributed by atoms with Crippen molar-refractivity contribution >= 4 is 11.8 Å². The molecule has 2 atom stereocenters. The Labute approximate surface area is 105 Å². The summed E-state index contributed by atoms with van der Waals surface area (Å²) in [6.45, 7) is 5.95. The average molecular weight is 245 g/mol. The maximum atomic E-state index is 9.21. The van der Waals surface area contributed by atoms with Gasteiger partial charge in [0, 0.05) is 11.3 Å². The van der Waals surface area contributed by atoms with E-state index in [4.69, 9.17) is 0 Å². The lowest BCUT2D eigenvalue weighted by atomic mass is 9.83. The molecule has 16 heavy (non-hydrogen) atoms. The van der Waals surface area contributed by atoms with Gasteiger partial charge in [0.2, 0.25) is 0 Å². The molecule has 0 aromatic heterocycles. The van der Waals surface area contributed by atoms with Crippen LogP contribution in [0.25, 0.3) is 0 Å². The van der Waals surface area contributed by atoms with Gasteiger partial charge in [-0.3, -0.25) is 0 Å². The van der Waals surface area contributed by atoms with Gasteiger partial charge in [0.1, 0.15) is 0 Å². The first-order chi connectivity index (χ1) is 7.67. The Balaban J connectivity index is 2.18. The number of hydrogen-bond acceptors (Lipinski definition) is 3. The standard InChI is InChI=1S/C13H27NOS/c1-10-4-6-12(7-5-10)8-14-11(2)13(9-15)16-3/h10-15H,4-9H2,1-3H3. The van der Waals surface area contributed by atoms with Crippen LogP contribution in [0.2, 0.25) is 0 Å². The highest BCUT2D eigenvalue weighted by molar-refractivity contribution is 7.99. The predicted octanol–water partition coefficient (Wildman–Crippen LogP) is 2.51. The predicted molar refractivity (Wildman–Crippen MR) is 73.0 cm³/mol. The molecule has 0 saturated heterocycles. The third kappa shape index (κ3) is 4.64. The van der Waals surface area contributed by atoms with Gasteiger partial charge in [0.25, 0.3) is 0 Å². The minimum absolute atomic E-state index is 0.275. The van der Waals surface area contributed by atoms with Gasteiger partial charge in [-0.1, -0.05) is 19.8 Å². The average Bonchev–Trinajstić information content (AvgIpc) is 2.30. The van der Waals surface area contributed by atoms with Gasteiger partial charge in [-0.15, -0.1) is 0 Å². The Bertz CT molecular complexity index is 177. The minimum Gasteiger partial charge on any atom is -0.395 e. The normalized spacial score (nSPS) is 30.0. The van der Waals surface area contributed by atoms with E-state index in [0.29, 0.717) is 11.3 Å². The van der Waals surface area contributed by atoms with Crippen LogP contribution in [0.1, 0.15) is 39.5 Å². The summed E-state index contributed by atoms with van der Waals surface area (Å²) in [7, 11) is 0. The molecule has 0 bridgehead atoms. The highest BCUT2D eigenvalue weighted by Crippen LogP contribution is 2.27. The molecule has 2 unspecified atom stereocenters. The van der Waals surface area contributed by atoms with E-state index in [1.807, 2.05) is 0 Å². The van der Waals surface area contributed by atoms with Crippen molar-refractivity contribution in [2.75, 3.05) is 19.4 Å². The van der Waals surface area contributed by atoms with Crippen LogP contribution < -0.4 is 5.32 Å². The molecule has 0 aliphatic heterocycles. The molecule has 96 valence electrons. The van der Waals surface area contributed by atoms with E-state index in [1.165, 1.54) is 25.7 Å². The molecule has 0 heterocycles. The van der Waals surface area contributed by atoms with E-state index in [1.54, 1.807) is 11.8 Å². The number of hydrogen-bond donors (Lipinski definition) is 2. The molecule has 1 fully saturated rings. The second kappa shape index (κ2) is 7.57. The van der Waals surface area contributed by atoms with Gasteiger partial charge in [-0.05, 0) is 44.4 Å². The summed E-state index contributed by atoms with van der Waals surface area (Å²) < 4.78 is 0. The van der Waals surface area contributed by atoms with Crippen LogP contribution in [0.4, 0.5) is 0 Å². The quantitative estimate of drug-likeness (QED) is 0.754. The first kappa shape index (κ1) is 14.3. The maximum Gasteiger partial charge on any atom is 0.0564 e. The number of aliphatic hydroxyl groups is 1. The van der Waals surface area contributed by atoms with Gasteiger partial charge in [-0.25, -0.2) is 0 Å². The third-order valence-electron chi connectivity index (χ3n) is 3.90. The molecule has 0 aromatic carbocycles. The fraction of sp³-hybridized carbons (Fsp3) is 1.00. The van der Waals surface area contributed by atoms with E-state index in [9.17, 15) is 5.11 Å². The van der Waals surface area contributed by atoms with Crippen LogP contribution in [-0.4, -0.2) is 35.8 Å². The molecule has 1 aliphatic carbocycles. The molecule has 1 aliphatic rings. The smallest absolute Gasteiger partial charge is 0.0564 e. The molecule has 1 saturated carbocycles. The number of thioether (sulfide) groups is 1. The summed E-state index contributed by atoms with van der Waals surface area (Å²) in [5, 5.41) is 13.1. The van der Waals surface area contributed by atoms with Gasteiger partial charge >= 0.3 is 0 Å². The monoisotopic (exact) mass is 245 g/mol. The van der Waals surface area contributed by atoms with Gasteiger partial charge in [0.05, 0.1) is 6.61 Å². The maximum absolute atomic E-state index is 9.21. The summed E-state index contributed by atoms with van der Waals surface area (Å²) >= 11 is 1.75. The fourth-order valence-electron chi connectivity index (χ4n) is 2.45. The molecule has 0 radical (unpaired) electrons. The van der Waals surface area contributed by atoms with E-state index < -0.39 is 0 Å². The van der Waals surface area contributed by atoms with Gasteiger partial charge < -0.3 is 10.4 Å². The lowest BCUT2D eigenvalue weighted by Gasteiger charge is -2.29. The lowest BCUT2D eigenvalue weighted by Crippen LogP contribution is -2.40. The number of nitrogens with one attached hydrogen (secondary N) is 1. The Hall–Kier alpha value is 0.270. The zero-order chi connectivity index (χ0) is 12.0. The fourth-order valence-corrected chi connectivity index (χ4v) is 3.11. The molecule has 2 nitrogen and oxygen atoms in total. The zero-order valence-electron chi connectivity index (χ0n) is 10.9. The van der Waals surface area contributed by atoms with Gasteiger partial charge in [0.15, 0.2) is 0 Å². The Kier molecular flexibility index (Phi) is 6.78. The summed E-state index contributed by atoms with van der Waals surface area (Å²) in [5.74, 6) is 1.80. The molecule has 0 aromatic rings. The molecular formula is C13H27NOS. The van der Waals surface area contributed by atoms with E-state index in [-0.39, 0.29) is 6.61 Å². The van der Waals surface area contributed by atoms with Crippen molar-refractivity contribution in [3.8, 4) is 0 Å². The summed E-state index contributed by atoms with van der Waals surface area (Å²) in [4.78, 5) is 0. The van der Waals surface area contributed by atoms with Crippen LogP contribution >= 0.6 is 11.8 Å². The third-order valence-corrected chi connectivity index (χ3v) is 5.07. The summed E-state index contributed by atoms with van der Waals surface area (Å²) in [5.41, 5.74) is 0. The van der Waals surface area contributed by atoms with Crippen molar-refractivity contribution in [2.24, 2.45) is 11.8 Å². The Morgan fingerprint density at radius 3 is 2.44 bits per heavy atom. The largest absolute Gasteiger partial charge is 0.395 e. The van der Waals surface area contributed by atoms with Crippen molar-refractivity contribution in [1.82, 2.24) is 5.32 Å². The molecule has 0 spiro atoms. The number of aliphatic hydroxyl groups excluding tert-OH is 1. The van der Waals surface area contributed by atoms with Crippen LogP contribution in [-0.2, 0) is 0 Å². The minimum atomic E-state index is 0.275. The molecule has 3 heteroatoms. The SMILES string of the molecule is CSC(CO)C(C)NCC1CCC(C)CC1. The Morgan fingerprint density at radius 2 is 1.94 bits per heavy atom. The summed E-state index contributed by atoms with van der Waals surface area (Å²) in [6.07, 6.45) is 7.62. The highest BCUT2D eigenvalue weighted by atomic mass is 32.2. The second-order valence-electron chi connectivity index (χ2n) is 5.28. The van der Waals surface area contributed by atoms with Crippen LogP contribution in [0.3, 0.4) is 0 Å². The first-order valence-corrected chi connectivity index (χ1v) is 7.83. The van der Waals surface area contributed by atoms with Crippen molar-refractivity contribution in [3.63, 3.8) is 0 Å². The Morgan fingerprint density at radius 1 is 1.31 bits per heavy atom. The van der Waals surface area contributed by atoms with Gasteiger partial charge in [-0.2, -0.15) is 11.8 Å². The zero-order valence-corrected chi connectivity index (χ0v) is 11.7. The van der Waals surface area contributed by atoms with Crippen molar-refractivity contribution in [3.05, 3.63) is 0 Å². The van der Waals surface area contributed by atoms with Crippen LogP contribution in [0, 0.1) is 11.8 Å². The number of rotatable bonds is 6. The van der Waals surface area contributed by atoms with E-state index in [2.05, 4.69) is 25.4 Å². The van der Waals surface area contributed by atoms with Crippen LogP contribution in [0.5, 0.6) is 0 Å². The highest BCUT2D eigenvalue weighted by Gasteiger charge is 2.20.